The van der Waals surface area contributed by atoms with Gasteiger partial charge < -0.3 is 4.90 Å². The number of hydrogen-bond acceptors (Lipinski definition) is 4. The van der Waals surface area contributed by atoms with Crippen LogP contribution >= 0.6 is 0 Å². The van der Waals surface area contributed by atoms with Gasteiger partial charge in [0.25, 0.3) is 0 Å². The van der Waals surface area contributed by atoms with E-state index in [-0.39, 0.29) is 0 Å². The summed E-state index contributed by atoms with van der Waals surface area (Å²) in [6.45, 7) is 8.38. The third-order valence-electron chi connectivity index (χ3n) is 3.54. The molecule has 2 aliphatic heterocycles. The summed E-state index contributed by atoms with van der Waals surface area (Å²) in [6, 6.07) is 0. The lowest BCUT2D eigenvalue weighted by Gasteiger charge is -2.25. The summed E-state index contributed by atoms with van der Waals surface area (Å²) in [7, 11) is 0. The first-order valence-corrected chi connectivity index (χ1v) is 7.43. The van der Waals surface area contributed by atoms with E-state index >= 15 is 0 Å². The van der Waals surface area contributed by atoms with E-state index < -0.39 is 0 Å². The third-order valence-corrected chi connectivity index (χ3v) is 3.54. The van der Waals surface area contributed by atoms with Crippen LogP contribution in [0.1, 0.15) is 39.0 Å². The smallest absolute Gasteiger partial charge is 0.122 e. The van der Waals surface area contributed by atoms with Gasteiger partial charge in [-0.1, -0.05) is 19.4 Å². The monoisotopic (exact) mass is 272 g/mol. The highest BCUT2D eigenvalue weighted by atomic mass is 15.2. The first kappa shape index (κ1) is 14.7. The van der Waals surface area contributed by atoms with E-state index in [0.717, 1.165) is 24.4 Å². The molecule has 0 saturated heterocycles. The zero-order chi connectivity index (χ0) is 14.2. The minimum Gasteiger partial charge on any atom is -0.354 e. The van der Waals surface area contributed by atoms with Crippen molar-refractivity contribution in [1.82, 2.24) is 4.90 Å². The SMILES string of the molecule is C=C1/C=N\C(C)=N/CN2CCCCCC/C=N\C/C2=C/1. The van der Waals surface area contributed by atoms with Crippen molar-refractivity contribution in [2.75, 3.05) is 19.8 Å². The first-order valence-electron chi connectivity index (χ1n) is 7.43. The summed E-state index contributed by atoms with van der Waals surface area (Å²) >= 11 is 0. The van der Waals surface area contributed by atoms with Crippen molar-refractivity contribution >= 4 is 18.3 Å². The molecule has 0 aliphatic carbocycles. The van der Waals surface area contributed by atoms with Crippen molar-refractivity contribution in [2.45, 2.75) is 39.0 Å². The van der Waals surface area contributed by atoms with Crippen LogP contribution in [-0.2, 0) is 0 Å². The molecule has 2 aliphatic rings. The molecule has 0 atom stereocenters. The molecule has 2 rings (SSSR count). The summed E-state index contributed by atoms with van der Waals surface area (Å²) in [4.78, 5) is 15.7. The average Bonchev–Trinajstić information content (AvgIpc) is 2.47. The number of aliphatic imine (C=N–C) groups is 3. The van der Waals surface area contributed by atoms with Gasteiger partial charge >= 0.3 is 0 Å². The van der Waals surface area contributed by atoms with Crippen LogP contribution in [0, 0.1) is 0 Å². The zero-order valence-electron chi connectivity index (χ0n) is 12.4. The summed E-state index contributed by atoms with van der Waals surface area (Å²) in [5.74, 6) is 0.804. The standard InChI is InChI=1S/C16H24N4/c1-14-10-16-12-17-8-6-4-3-5-7-9-20(16)13-19-15(2)18-11-14/h8,10-11H,1,3-7,9,12-13H2,2H3/b16-10-,17-8-,18-11-,19-15-. The Morgan fingerprint density at radius 1 is 1.20 bits per heavy atom. The van der Waals surface area contributed by atoms with Crippen LogP contribution in [0.4, 0.5) is 0 Å². The fourth-order valence-corrected chi connectivity index (χ4v) is 2.34. The second-order valence-electron chi connectivity index (χ2n) is 5.31. The fourth-order valence-electron chi connectivity index (χ4n) is 2.34. The van der Waals surface area contributed by atoms with Crippen LogP contribution in [-0.4, -0.2) is 42.9 Å². The average molecular weight is 272 g/mol. The second kappa shape index (κ2) is 7.78. The Hall–Kier alpha value is -1.71. The Morgan fingerprint density at radius 3 is 2.95 bits per heavy atom. The molecule has 2 heterocycles. The Kier molecular flexibility index (Phi) is 5.71. The number of allylic oxidation sites excluding steroid dienone is 2. The molecular weight excluding hydrogens is 248 g/mol. The largest absolute Gasteiger partial charge is 0.354 e. The topological polar surface area (TPSA) is 40.3 Å². The number of nitrogens with zero attached hydrogens (tertiary/aromatic N) is 4. The molecule has 0 fully saturated rings. The van der Waals surface area contributed by atoms with Crippen LogP contribution < -0.4 is 0 Å². The van der Waals surface area contributed by atoms with E-state index in [1.54, 1.807) is 6.21 Å². The van der Waals surface area contributed by atoms with Gasteiger partial charge in [0.05, 0.1) is 6.54 Å². The van der Waals surface area contributed by atoms with Crippen LogP contribution in [0.5, 0.6) is 0 Å². The van der Waals surface area contributed by atoms with E-state index in [2.05, 4.69) is 38.7 Å². The number of rotatable bonds is 0. The molecule has 20 heavy (non-hydrogen) atoms. The Bertz CT molecular complexity index is 457. The van der Waals surface area contributed by atoms with E-state index in [1.165, 1.54) is 31.4 Å². The molecule has 4 nitrogen and oxygen atoms in total. The van der Waals surface area contributed by atoms with Gasteiger partial charge in [-0.05, 0) is 44.0 Å². The zero-order valence-corrected chi connectivity index (χ0v) is 12.4. The third kappa shape index (κ3) is 4.76. The van der Waals surface area contributed by atoms with Crippen molar-refractivity contribution in [2.24, 2.45) is 15.0 Å². The Balaban J connectivity index is 2.22. The molecule has 0 radical (unpaired) electrons. The highest BCUT2D eigenvalue weighted by Gasteiger charge is 2.10. The minimum absolute atomic E-state index is 0.664. The highest BCUT2D eigenvalue weighted by Crippen LogP contribution is 2.14. The predicted molar refractivity (Wildman–Crippen MR) is 86.8 cm³/mol. The lowest BCUT2D eigenvalue weighted by Crippen LogP contribution is -2.26. The van der Waals surface area contributed by atoms with Crippen LogP contribution in [0.15, 0.2) is 38.9 Å². The summed E-state index contributed by atoms with van der Waals surface area (Å²) in [5, 5.41) is 0. The maximum Gasteiger partial charge on any atom is 0.122 e. The molecule has 0 spiro atoms. The second-order valence-corrected chi connectivity index (χ2v) is 5.31. The summed E-state index contributed by atoms with van der Waals surface area (Å²) in [5.41, 5.74) is 2.10. The van der Waals surface area contributed by atoms with E-state index in [0.29, 0.717) is 13.2 Å². The number of fused-ring (bicyclic) bond motifs is 1. The van der Waals surface area contributed by atoms with Gasteiger partial charge in [0.1, 0.15) is 12.5 Å². The molecule has 0 amide bonds. The molecule has 0 N–H and O–H groups in total. The number of amidine groups is 1. The predicted octanol–water partition coefficient (Wildman–Crippen LogP) is 3.22. The maximum absolute atomic E-state index is 4.55. The molecule has 0 aromatic rings. The summed E-state index contributed by atoms with van der Waals surface area (Å²) in [6.07, 6.45) is 12.0. The first-order chi connectivity index (χ1) is 9.75. The van der Waals surface area contributed by atoms with Crippen molar-refractivity contribution < 1.29 is 0 Å². The Labute approximate surface area is 121 Å². The quantitative estimate of drug-likeness (QED) is 0.667. The van der Waals surface area contributed by atoms with Gasteiger partial charge in [0, 0.05) is 18.5 Å². The van der Waals surface area contributed by atoms with E-state index in [1.807, 2.05) is 6.92 Å². The van der Waals surface area contributed by atoms with Crippen LogP contribution in [0.25, 0.3) is 0 Å². The van der Waals surface area contributed by atoms with Crippen molar-refractivity contribution in [3.05, 3.63) is 23.9 Å². The molecule has 0 aromatic heterocycles. The lowest BCUT2D eigenvalue weighted by molar-refractivity contribution is 0.340. The Morgan fingerprint density at radius 2 is 2.05 bits per heavy atom. The molecule has 0 aromatic carbocycles. The van der Waals surface area contributed by atoms with Gasteiger partial charge in [-0.3, -0.25) is 4.99 Å². The fraction of sp³-hybridized carbons (Fsp3) is 0.562. The summed E-state index contributed by atoms with van der Waals surface area (Å²) < 4.78 is 0. The van der Waals surface area contributed by atoms with Crippen LogP contribution in [0.2, 0.25) is 0 Å². The van der Waals surface area contributed by atoms with Crippen LogP contribution in [0.3, 0.4) is 0 Å². The maximum atomic E-state index is 4.55. The minimum atomic E-state index is 0.664. The van der Waals surface area contributed by atoms with E-state index in [9.17, 15) is 0 Å². The van der Waals surface area contributed by atoms with E-state index in [4.69, 9.17) is 0 Å². The molecule has 108 valence electrons. The molecule has 0 unspecified atom stereocenters. The molecular formula is C16H24N4. The number of hydrogen-bond donors (Lipinski definition) is 0. The van der Waals surface area contributed by atoms with Gasteiger partial charge in [-0.25, -0.2) is 9.98 Å². The van der Waals surface area contributed by atoms with Gasteiger partial charge in [-0.15, -0.1) is 0 Å². The van der Waals surface area contributed by atoms with Gasteiger partial charge in [0.15, 0.2) is 0 Å². The molecule has 0 saturated carbocycles. The normalized spacial score (nSPS) is 30.2. The lowest BCUT2D eigenvalue weighted by atomic mass is 10.1. The van der Waals surface area contributed by atoms with Crippen molar-refractivity contribution in [3.63, 3.8) is 0 Å². The van der Waals surface area contributed by atoms with Crippen molar-refractivity contribution in [3.8, 4) is 0 Å². The van der Waals surface area contributed by atoms with Crippen molar-refractivity contribution in [1.29, 1.82) is 0 Å². The molecule has 0 bridgehead atoms. The molecule has 4 heteroatoms. The highest BCUT2D eigenvalue weighted by molar-refractivity contribution is 5.94. The van der Waals surface area contributed by atoms with Gasteiger partial charge in [-0.2, -0.15) is 0 Å². The van der Waals surface area contributed by atoms with Gasteiger partial charge in [0.2, 0.25) is 0 Å².